The van der Waals surface area contributed by atoms with Crippen LogP contribution >= 0.6 is 0 Å². The van der Waals surface area contributed by atoms with E-state index in [9.17, 15) is 4.79 Å². The fourth-order valence-electron chi connectivity index (χ4n) is 4.68. The van der Waals surface area contributed by atoms with Gasteiger partial charge in [0, 0.05) is 41.5 Å². The maximum atomic E-state index is 14.3. The van der Waals surface area contributed by atoms with Crippen molar-refractivity contribution < 1.29 is 4.74 Å². The summed E-state index contributed by atoms with van der Waals surface area (Å²) in [4.78, 5) is 27.1. The average Bonchev–Trinajstić information content (AvgIpc) is 3.42. The van der Waals surface area contributed by atoms with Crippen molar-refractivity contribution in [2.45, 2.75) is 13.0 Å². The van der Waals surface area contributed by atoms with E-state index in [1.807, 2.05) is 61.5 Å². The first-order valence-corrected chi connectivity index (χ1v) is 12.0. The van der Waals surface area contributed by atoms with Crippen LogP contribution in [0, 0.1) is 0 Å². The van der Waals surface area contributed by atoms with E-state index in [4.69, 9.17) is 10.5 Å². The molecule has 0 radical (unpaired) electrons. The molecule has 10 nitrogen and oxygen atoms in total. The smallest absolute Gasteiger partial charge is 0.316 e. The molecule has 2 aromatic carbocycles. The Morgan fingerprint density at radius 3 is 2.55 bits per heavy atom. The van der Waals surface area contributed by atoms with Gasteiger partial charge in [-0.1, -0.05) is 36.4 Å². The summed E-state index contributed by atoms with van der Waals surface area (Å²) in [7, 11) is 1.51. The number of benzene rings is 2. The summed E-state index contributed by atoms with van der Waals surface area (Å²) >= 11 is 0. The molecule has 0 unspecified atom stereocenters. The third-order valence-electron chi connectivity index (χ3n) is 6.40. The summed E-state index contributed by atoms with van der Waals surface area (Å²) in [6.45, 7) is 1.99. The molecule has 4 aromatic heterocycles. The van der Waals surface area contributed by atoms with Gasteiger partial charge >= 0.3 is 6.01 Å². The van der Waals surface area contributed by atoms with Gasteiger partial charge in [-0.05, 0) is 36.1 Å². The van der Waals surface area contributed by atoms with Crippen molar-refractivity contribution in [3.63, 3.8) is 0 Å². The minimum Gasteiger partial charge on any atom is -0.467 e. The second kappa shape index (κ2) is 9.32. The summed E-state index contributed by atoms with van der Waals surface area (Å²) in [5.74, 6) is 1.04. The molecular formula is C28H24N8O2. The van der Waals surface area contributed by atoms with Gasteiger partial charge in [-0.2, -0.15) is 9.61 Å². The number of hydrogen-bond donors (Lipinski definition) is 2. The highest BCUT2D eigenvalue weighted by Crippen LogP contribution is 2.30. The molecule has 0 spiro atoms. The number of aromatic nitrogens is 6. The standard InChI is InChI=1S/C28H24N8O2/c1-17(33-25-14-23(29)34-24-11-12-32-36(24)25)22-13-18-7-6-10-21(19-15-30-28(38-2)31-16-19)26(18)27(37)35(22)20-8-4-3-5-9-20/h3-17,33H,1-2H3,(H2,29,34)/t17-/m0/s1. The number of nitrogens with two attached hydrogens (primary N) is 1. The number of para-hydroxylation sites is 1. The predicted octanol–water partition coefficient (Wildman–Crippen LogP) is 4.25. The Morgan fingerprint density at radius 1 is 1.00 bits per heavy atom. The molecule has 0 aliphatic heterocycles. The molecule has 38 heavy (non-hydrogen) atoms. The number of ether oxygens (including phenoxy) is 1. The van der Waals surface area contributed by atoms with E-state index < -0.39 is 0 Å². The molecule has 6 aromatic rings. The Bertz CT molecular complexity index is 1830. The lowest BCUT2D eigenvalue weighted by Gasteiger charge is -2.22. The van der Waals surface area contributed by atoms with Crippen LogP contribution in [0.15, 0.2) is 90.1 Å². The number of anilines is 2. The number of fused-ring (bicyclic) bond motifs is 2. The molecule has 1 atom stereocenters. The van der Waals surface area contributed by atoms with E-state index in [1.165, 1.54) is 7.11 Å². The van der Waals surface area contributed by atoms with Crippen molar-refractivity contribution in [3.05, 3.63) is 101 Å². The SMILES string of the molecule is COc1ncc(-c2cccc3cc([C@H](C)Nc4cc(N)nc5ccnn45)n(-c4ccccc4)c(=O)c23)cn1. The van der Waals surface area contributed by atoms with Crippen molar-refractivity contribution in [3.8, 4) is 22.8 Å². The first-order valence-electron chi connectivity index (χ1n) is 12.0. The predicted molar refractivity (Wildman–Crippen MR) is 147 cm³/mol. The van der Waals surface area contributed by atoms with Crippen molar-refractivity contribution in [1.29, 1.82) is 0 Å². The second-order valence-electron chi connectivity index (χ2n) is 8.81. The molecule has 0 fully saturated rings. The zero-order valence-corrected chi connectivity index (χ0v) is 20.7. The normalized spacial score (nSPS) is 12.1. The highest BCUT2D eigenvalue weighted by atomic mass is 16.5. The minimum absolute atomic E-state index is 0.151. The third kappa shape index (κ3) is 3.97. The lowest BCUT2D eigenvalue weighted by atomic mass is 9.99. The Hall–Kier alpha value is -5.25. The number of methoxy groups -OCH3 is 1. The molecule has 0 aliphatic rings. The molecule has 0 bridgehead atoms. The van der Waals surface area contributed by atoms with Gasteiger partial charge in [-0.3, -0.25) is 9.36 Å². The maximum Gasteiger partial charge on any atom is 0.316 e. The van der Waals surface area contributed by atoms with Crippen molar-refractivity contribution >= 4 is 28.1 Å². The van der Waals surface area contributed by atoms with Crippen LogP contribution in [0.3, 0.4) is 0 Å². The number of nitrogen functional groups attached to an aromatic ring is 1. The zero-order valence-electron chi connectivity index (χ0n) is 20.7. The lowest BCUT2D eigenvalue weighted by Crippen LogP contribution is -2.26. The van der Waals surface area contributed by atoms with Gasteiger partial charge in [0.1, 0.15) is 11.6 Å². The van der Waals surface area contributed by atoms with Crippen LogP contribution in [0.25, 0.3) is 33.2 Å². The molecule has 0 aliphatic carbocycles. The summed E-state index contributed by atoms with van der Waals surface area (Å²) < 4.78 is 8.52. The molecule has 6 rings (SSSR count). The van der Waals surface area contributed by atoms with E-state index in [0.717, 1.165) is 27.9 Å². The number of rotatable bonds is 6. The first-order chi connectivity index (χ1) is 18.5. The monoisotopic (exact) mass is 504 g/mol. The van der Waals surface area contributed by atoms with Crippen molar-refractivity contribution in [2.75, 3.05) is 18.2 Å². The van der Waals surface area contributed by atoms with Crippen molar-refractivity contribution in [1.82, 2.24) is 29.1 Å². The molecule has 3 N–H and O–H groups in total. The fraction of sp³-hybridized carbons (Fsp3) is 0.107. The van der Waals surface area contributed by atoms with Crippen LogP contribution in [-0.4, -0.2) is 36.2 Å². The molecule has 4 heterocycles. The van der Waals surface area contributed by atoms with Crippen LogP contribution in [0.4, 0.5) is 11.6 Å². The second-order valence-corrected chi connectivity index (χ2v) is 8.81. The molecule has 10 heteroatoms. The van der Waals surface area contributed by atoms with Crippen molar-refractivity contribution in [2.24, 2.45) is 0 Å². The van der Waals surface area contributed by atoms with E-state index in [1.54, 1.807) is 39.8 Å². The van der Waals surface area contributed by atoms with Gasteiger partial charge in [-0.25, -0.2) is 15.0 Å². The van der Waals surface area contributed by atoms with Gasteiger partial charge in [0.15, 0.2) is 5.65 Å². The molecule has 0 saturated heterocycles. The summed E-state index contributed by atoms with van der Waals surface area (Å²) in [5.41, 5.74) is 9.51. The first kappa shape index (κ1) is 23.2. The number of hydrogen-bond acceptors (Lipinski definition) is 8. The van der Waals surface area contributed by atoms with Crippen LogP contribution in [0.2, 0.25) is 0 Å². The molecule has 188 valence electrons. The average molecular weight is 505 g/mol. The third-order valence-corrected chi connectivity index (χ3v) is 6.40. The highest BCUT2D eigenvalue weighted by Gasteiger charge is 2.20. The minimum atomic E-state index is -0.297. The van der Waals surface area contributed by atoms with E-state index in [0.29, 0.717) is 22.7 Å². The van der Waals surface area contributed by atoms with Gasteiger partial charge in [-0.15, -0.1) is 0 Å². The summed E-state index contributed by atoms with van der Waals surface area (Å²) in [6.07, 6.45) is 4.99. The highest BCUT2D eigenvalue weighted by molar-refractivity contribution is 5.96. The Morgan fingerprint density at radius 2 is 1.79 bits per heavy atom. The quantitative estimate of drug-likeness (QED) is 0.345. The zero-order chi connectivity index (χ0) is 26.2. The Kier molecular flexibility index (Phi) is 5.68. The van der Waals surface area contributed by atoms with E-state index >= 15 is 0 Å². The molecule has 0 saturated carbocycles. The van der Waals surface area contributed by atoms with E-state index in [2.05, 4.69) is 25.4 Å². The van der Waals surface area contributed by atoms with Gasteiger partial charge in [0.25, 0.3) is 5.56 Å². The Balaban J connectivity index is 1.55. The van der Waals surface area contributed by atoms with E-state index in [-0.39, 0.29) is 17.6 Å². The summed E-state index contributed by atoms with van der Waals surface area (Å²) in [5, 5.41) is 9.21. The van der Waals surface area contributed by atoms with Crippen LogP contribution in [0.1, 0.15) is 18.7 Å². The molecular weight excluding hydrogens is 480 g/mol. The fourth-order valence-corrected chi connectivity index (χ4v) is 4.68. The Labute approximate surface area is 217 Å². The van der Waals surface area contributed by atoms with Gasteiger partial charge in [0.2, 0.25) is 0 Å². The topological polar surface area (TPSA) is 125 Å². The van der Waals surface area contributed by atoms with Gasteiger partial charge < -0.3 is 15.8 Å². The van der Waals surface area contributed by atoms with Crippen LogP contribution in [0.5, 0.6) is 6.01 Å². The van der Waals surface area contributed by atoms with Crippen LogP contribution in [-0.2, 0) is 0 Å². The number of nitrogens with zero attached hydrogens (tertiary/aromatic N) is 6. The maximum absolute atomic E-state index is 14.3. The largest absolute Gasteiger partial charge is 0.467 e. The number of pyridine rings is 1. The number of nitrogens with one attached hydrogen (secondary N) is 1. The lowest BCUT2D eigenvalue weighted by molar-refractivity contribution is 0.380. The summed E-state index contributed by atoms with van der Waals surface area (Å²) in [6, 6.07) is 20.8. The molecule has 0 amide bonds. The van der Waals surface area contributed by atoms with Crippen LogP contribution < -0.4 is 21.3 Å². The van der Waals surface area contributed by atoms with Gasteiger partial charge in [0.05, 0.1) is 24.7 Å².